The quantitative estimate of drug-likeness (QED) is 0.418. The first-order valence-corrected chi connectivity index (χ1v) is 10.7. The van der Waals surface area contributed by atoms with Gasteiger partial charge in [-0.25, -0.2) is 9.97 Å². The van der Waals surface area contributed by atoms with Crippen LogP contribution >= 0.6 is 11.6 Å². The lowest BCUT2D eigenvalue weighted by Gasteiger charge is -2.37. The standard InChI is InChI=1S/C24H25ClN4O3/c1-15-12-28(14-27-15)20-6-5-18(9-21(20)31-4)10-22-24(30)29(13-16(2)32-22)17(3)19-7-8-26-23(25)11-19/h5-12,14,16-17H,13H2,1-4H3/b22-10-/t16-,17-/m0/s1. The van der Waals surface area contributed by atoms with Crippen molar-refractivity contribution in [1.82, 2.24) is 19.4 Å². The maximum absolute atomic E-state index is 13.3. The van der Waals surface area contributed by atoms with Gasteiger partial charge < -0.3 is 18.9 Å². The second-order valence-electron chi connectivity index (χ2n) is 7.84. The Kier molecular flexibility index (Phi) is 6.19. The normalized spacial score (nSPS) is 18.5. The lowest BCUT2D eigenvalue weighted by Crippen LogP contribution is -2.45. The maximum atomic E-state index is 13.3. The van der Waals surface area contributed by atoms with Gasteiger partial charge >= 0.3 is 0 Å². The second kappa shape index (κ2) is 9.04. The minimum Gasteiger partial charge on any atom is -0.495 e. The highest BCUT2D eigenvalue weighted by atomic mass is 35.5. The van der Waals surface area contributed by atoms with Gasteiger partial charge in [-0.15, -0.1) is 0 Å². The van der Waals surface area contributed by atoms with E-state index in [1.54, 1.807) is 36.7 Å². The minimum absolute atomic E-state index is 0.145. The molecule has 1 fully saturated rings. The molecule has 1 aliphatic heterocycles. The molecule has 0 N–H and O–H groups in total. The third-order valence-electron chi connectivity index (χ3n) is 5.45. The molecule has 8 heteroatoms. The van der Waals surface area contributed by atoms with E-state index in [0.717, 1.165) is 22.5 Å². The largest absolute Gasteiger partial charge is 0.495 e. The highest BCUT2D eigenvalue weighted by Gasteiger charge is 2.33. The number of amides is 1. The summed E-state index contributed by atoms with van der Waals surface area (Å²) in [5, 5.41) is 0.402. The van der Waals surface area contributed by atoms with Crippen molar-refractivity contribution in [3.05, 3.63) is 76.8 Å². The molecule has 32 heavy (non-hydrogen) atoms. The van der Waals surface area contributed by atoms with E-state index < -0.39 is 0 Å². The first-order chi connectivity index (χ1) is 15.4. The summed E-state index contributed by atoms with van der Waals surface area (Å²) in [6, 6.07) is 9.22. The SMILES string of the molecule is COc1cc(/C=C2\O[C@@H](C)CN([C@@H](C)c3ccnc(Cl)c3)C2=O)ccc1-n1cnc(C)c1. The van der Waals surface area contributed by atoms with Gasteiger partial charge in [0.05, 0.1) is 37.4 Å². The van der Waals surface area contributed by atoms with Crippen molar-refractivity contribution in [2.24, 2.45) is 0 Å². The molecule has 0 unspecified atom stereocenters. The Labute approximate surface area is 192 Å². The molecule has 166 valence electrons. The van der Waals surface area contributed by atoms with E-state index >= 15 is 0 Å². The molecule has 1 aromatic carbocycles. The number of hydrogen-bond donors (Lipinski definition) is 0. The summed E-state index contributed by atoms with van der Waals surface area (Å²) in [7, 11) is 1.62. The van der Waals surface area contributed by atoms with Crippen LogP contribution < -0.4 is 4.74 Å². The van der Waals surface area contributed by atoms with Crippen molar-refractivity contribution >= 4 is 23.6 Å². The van der Waals surface area contributed by atoms with Gasteiger partial charge in [-0.1, -0.05) is 17.7 Å². The fourth-order valence-electron chi connectivity index (χ4n) is 3.79. The Balaban J connectivity index is 1.63. The van der Waals surface area contributed by atoms with Gasteiger partial charge in [0.25, 0.3) is 5.91 Å². The van der Waals surface area contributed by atoms with Crippen LogP contribution in [0.5, 0.6) is 5.75 Å². The molecule has 3 aromatic rings. The molecular weight excluding hydrogens is 428 g/mol. The van der Waals surface area contributed by atoms with Crippen LogP contribution in [0, 0.1) is 6.92 Å². The summed E-state index contributed by atoms with van der Waals surface area (Å²) in [5.74, 6) is 0.797. The van der Waals surface area contributed by atoms with Gasteiger partial charge in [0, 0.05) is 12.4 Å². The summed E-state index contributed by atoms with van der Waals surface area (Å²) in [6.45, 7) is 6.34. The predicted octanol–water partition coefficient (Wildman–Crippen LogP) is 4.59. The van der Waals surface area contributed by atoms with Crippen LogP contribution in [0.25, 0.3) is 11.8 Å². The Bertz CT molecular complexity index is 1170. The van der Waals surface area contributed by atoms with Crippen LogP contribution in [0.15, 0.2) is 54.8 Å². The van der Waals surface area contributed by atoms with E-state index in [9.17, 15) is 4.79 Å². The number of rotatable bonds is 5. The number of hydrogen-bond acceptors (Lipinski definition) is 5. The number of benzene rings is 1. The van der Waals surface area contributed by atoms with Crippen molar-refractivity contribution in [3.8, 4) is 11.4 Å². The summed E-state index contributed by atoms with van der Waals surface area (Å²) < 4.78 is 13.4. The molecule has 0 saturated carbocycles. The van der Waals surface area contributed by atoms with Crippen LogP contribution in [0.1, 0.15) is 36.7 Å². The number of pyridine rings is 1. The summed E-state index contributed by atoms with van der Waals surface area (Å²) >= 11 is 6.05. The van der Waals surface area contributed by atoms with Crippen molar-refractivity contribution in [2.75, 3.05) is 13.7 Å². The highest BCUT2D eigenvalue weighted by molar-refractivity contribution is 6.29. The van der Waals surface area contributed by atoms with Gasteiger partial charge in [0.15, 0.2) is 5.76 Å². The number of ether oxygens (including phenoxy) is 2. The monoisotopic (exact) mass is 452 g/mol. The minimum atomic E-state index is -0.170. The molecule has 1 saturated heterocycles. The molecule has 2 atom stereocenters. The molecule has 2 aromatic heterocycles. The van der Waals surface area contributed by atoms with Crippen LogP contribution in [0.4, 0.5) is 0 Å². The molecule has 0 bridgehead atoms. The number of carbonyl (C=O) groups excluding carboxylic acids is 1. The lowest BCUT2D eigenvalue weighted by molar-refractivity contribution is -0.141. The number of halogens is 1. The topological polar surface area (TPSA) is 69.5 Å². The predicted molar refractivity (Wildman–Crippen MR) is 123 cm³/mol. The lowest BCUT2D eigenvalue weighted by atomic mass is 10.1. The van der Waals surface area contributed by atoms with Gasteiger partial charge in [-0.2, -0.15) is 0 Å². The molecule has 4 rings (SSSR count). The third-order valence-corrected chi connectivity index (χ3v) is 5.65. The Morgan fingerprint density at radius 1 is 1.28 bits per heavy atom. The smallest absolute Gasteiger partial charge is 0.289 e. The molecular formula is C24H25ClN4O3. The van der Waals surface area contributed by atoms with Gasteiger partial charge in [0.2, 0.25) is 0 Å². The maximum Gasteiger partial charge on any atom is 0.289 e. The Morgan fingerprint density at radius 3 is 2.78 bits per heavy atom. The zero-order valence-corrected chi connectivity index (χ0v) is 19.2. The number of aryl methyl sites for hydroxylation is 1. The fraction of sp³-hybridized carbons (Fsp3) is 0.292. The molecule has 1 amide bonds. The molecule has 3 heterocycles. The number of carbonyl (C=O) groups is 1. The molecule has 7 nitrogen and oxygen atoms in total. The summed E-state index contributed by atoms with van der Waals surface area (Å²) in [6.07, 6.45) is 6.92. The van der Waals surface area contributed by atoms with Crippen molar-refractivity contribution in [3.63, 3.8) is 0 Å². The van der Waals surface area contributed by atoms with E-state index in [1.165, 1.54) is 0 Å². The van der Waals surface area contributed by atoms with Crippen molar-refractivity contribution < 1.29 is 14.3 Å². The molecule has 1 aliphatic rings. The van der Waals surface area contributed by atoms with Crippen LogP contribution in [0.3, 0.4) is 0 Å². The van der Waals surface area contributed by atoms with Gasteiger partial charge in [0.1, 0.15) is 17.0 Å². The van der Waals surface area contributed by atoms with Gasteiger partial charge in [-0.05, 0) is 62.2 Å². The molecule has 0 radical (unpaired) electrons. The molecule has 0 spiro atoms. The second-order valence-corrected chi connectivity index (χ2v) is 8.22. The van der Waals surface area contributed by atoms with Gasteiger partial charge in [-0.3, -0.25) is 4.79 Å². The average molecular weight is 453 g/mol. The van der Waals surface area contributed by atoms with E-state index in [2.05, 4.69) is 9.97 Å². The zero-order valence-electron chi connectivity index (χ0n) is 18.4. The Hall–Kier alpha value is -3.32. The van der Waals surface area contributed by atoms with Crippen molar-refractivity contribution in [1.29, 1.82) is 0 Å². The summed E-state index contributed by atoms with van der Waals surface area (Å²) in [5.41, 5.74) is 3.51. The number of methoxy groups -OCH3 is 1. The first-order valence-electron chi connectivity index (χ1n) is 10.4. The van der Waals surface area contributed by atoms with Crippen molar-refractivity contribution in [2.45, 2.75) is 32.9 Å². The number of morpholine rings is 1. The average Bonchev–Trinajstić information content (AvgIpc) is 3.21. The van der Waals surface area contributed by atoms with Crippen LogP contribution in [-0.4, -0.2) is 45.1 Å². The van der Waals surface area contributed by atoms with E-state index in [-0.39, 0.29) is 18.1 Å². The fourth-order valence-corrected chi connectivity index (χ4v) is 3.98. The number of aromatic nitrogens is 3. The number of imidazole rings is 1. The van der Waals surface area contributed by atoms with E-state index in [0.29, 0.717) is 23.2 Å². The number of nitrogens with zero attached hydrogens (tertiary/aromatic N) is 4. The van der Waals surface area contributed by atoms with E-state index in [4.69, 9.17) is 21.1 Å². The van der Waals surface area contributed by atoms with Crippen LogP contribution in [0.2, 0.25) is 5.15 Å². The zero-order chi connectivity index (χ0) is 22.8. The third kappa shape index (κ3) is 4.48. The molecule has 0 aliphatic carbocycles. The highest BCUT2D eigenvalue weighted by Crippen LogP contribution is 2.30. The van der Waals surface area contributed by atoms with Crippen LogP contribution in [-0.2, 0) is 9.53 Å². The Morgan fingerprint density at radius 2 is 2.09 bits per heavy atom. The summed E-state index contributed by atoms with van der Waals surface area (Å²) in [4.78, 5) is 23.4. The van der Waals surface area contributed by atoms with E-state index in [1.807, 2.05) is 55.8 Å². The first kappa shape index (κ1) is 21.9.